The van der Waals surface area contributed by atoms with E-state index >= 15 is 0 Å². The van der Waals surface area contributed by atoms with Crippen LogP contribution >= 0.6 is 0 Å². The topological polar surface area (TPSA) is 46.5 Å². The highest BCUT2D eigenvalue weighted by atomic mass is 19.2. The molecule has 0 unspecified atom stereocenters. The highest BCUT2D eigenvalue weighted by molar-refractivity contribution is 5.56. The molecule has 3 nitrogen and oxygen atoms in total. The highest BCUT2D eigenvalue weighted by Crippen LogP contribution is 1.96. The van der Waals surface area contributed by atoms with Crippen molar-refractivity contribution in [1.82, 2.24) is 0 Å². The van der Waals surface area contributed by atoms with Crippen LogP contribution in [0.2, 0.25) is 0 Å². The van der Waals surface area contributed by atoms with Crippen LogP contribution in [-0.2, 0) is 4.74 Å². The predicted molar refractivity (Wildman–Crippen MR) is 24.3 cm³/mol. The summed E-state index contributed by atoms with van der Waals surface area (Å²) in [7, 11) is 0. The van der Waals surface area contributed by atoms with Crippen LogP contribution in [0.5, 0.6) is 0 Å². The number of carbonyl (C=O) groups is 1. The van der Waals surface area contributed by atoms with Gasteiger partial charge in [0.05, 0.1) is 0 Å². The summed E-state index contributed by atoms with van der Waals surface area (Å²) < 4.78 is 26.2. The van der Waals surface area contributed by atoms with Crippen molar-refractivity contribution in [2.24, 2.45) is 0 Å². The number of rotatable bonds is 2. The van der Waals surface area contributed by atoms with Gasteiger partial charge in [0.1, 0.15) is 12.9 Å². The Balaban J connectivity index is 3.39. The Morgan fingerprint density at radius 1 is 1.78 bits per heavy atom. The lowest BCUT2D eigenvalue weighted by molar-refractivity contribution is 0.0946. The second-order valence-electron chi connectivity index (χ2n) is 1.11. The minimum Gasteiger partial charge on any atom is -0.450 e. The maximum absolute atomic E-state index is 11.6. The molecule has 0 radical (unpaired) electrons. The molecule has 0 amide bonds. The predicted octanol–water partition coefficient (Wildman–Crippen LogP) is 1.46. The zero-order chi connectivity index (χ0) is 7.28. The van der Waals surface area contributed by atoms with Gasteiger partial charge in [-0.25, -0.2) is 13.6 Å². The molecule has 5 heteroatoms. The van der Waals surface area contributed by atoms with E-state index < -0.39 is 18.6 Å². The summed E-state index contributed by atoms with van der Waals surface area (Å²) in [5.74, 6) is -1.25. The Morgan fingerprint density at radius 2 is 2.33 bits per heavy atom. The fourth-order valence-electron chi connectivity index (χ4n) is 0.162. The normalized spacial score (nSPS) is 11.1. The highest BCUT2D eigenvalue weighted by Gasteiger charge is 1.98. The number of ether oxygens (including phenoxy) is 1. The van der Waals surface area contributed by atoms with Crippen LogP contribution in [0.3, 0.4) is 0 Å². The van der Waals surface area contributed by atoms with Gasteiger partial charge in [0, 0.05) is 0 Å². The molecule has 0 heterocycles. The second kappa shape index (κ2) is 3.82. The van der Waals surface area contributed by atoms with Crippen LogP contribution in [0.4, 0.5) is 13.6 Å². The van der Waals surface area contributed by atoms with Gasteiger partial charge in [0.2, 0.25) is 0 Å². The first-order valence-electron chi connectivity index (χ1n) is 1.97. The van der Waals surface area contributed by atoms with Crippen molar-refractivity contribution < 1.29 is 23.4 Å². The number of halogens is 2. The van der Waals surface area contributed by atoms with E-state index in [1.165, 1.54) is 0 Å². The standard InChI is InChI=1S/C4H4F2O3/c5-1-3(6)2-9-4(7)8/h1H,2H2,(H,7,8). The molecule has 0 spiro atoms. The monoisotopic (exact) mass is 138 g/mol. The summed E-state index contributed by atoms with van der Waals surface area (Å²) in [5, 5.41) is 7.72. The first-order valence-corrected chi connectivity index (χ1v) is 1.97. The van der Waals surface area contributed by atoms with Crippen molar-refractivity contribution in [1.29, 1.82) is 0 Å². The van der Waals surface area contributed by atoms with Crippen molar-refractivity contribution in [3.05, 3.63) is 12.2 Å². The molecule has 0 saturated carbocycles. The third kappa shape index (κ3) is 4.73. The molecule has 0 aromatic carbocycles. The van der Waals surface area contributed by atoms with Crippen LogP contribution < -0.4 is 0 Å². The Bertz CT molecular complexity index is 132. The summed E-state index contributed by atoms with van der Waals surface area (Å²) in [6, 6.07) is 0. The van der Waals surface area contributed by atoms with Gasteiger partial charge in [-0.3, -0.25) is 0 Å². The zero-order valence-corrected chi connectivity index (χ0v) is 4.30. The average molecular weight is 138 g/mol. The van der Waals surface area contributed by atoms with E-state index in [4.69, 9.17) is 5.11 Å². The summed E-state index contributed by atoms with van der Waals surface area (Å²) in [4.78, 5) is 9.48. The van der Waals surface area contributed by atoms with Gasteiger partial charge in [-0.05, 0) is 0 Å². The molecule has 0 saturated heterocycles. The van der Waals surface area contributed by atoms with E-state index in [1.807, 2.05) is 0 Å². The molecule has 0 aliphatic heterocycles. The van der Waals surface area contributed by atoms with Gasteiger partial charge in [0.25, 0.3) is 0 Å². The summed E-state index contributed by atoms with van der Waals surface area (Å²) >= 11 is 0. The van der Waals surface area contributed by atoms with Crippen LogP contribution in [0.15, 0.2) is 12.2 Å². The van der Waals surface area contributed by atoms with Gasteiger partial charge in [-0.15, -0.1) is 0 Å². The molecule has 0 atom stereocenters. The van der Waals surface area contributed by atoms with Crippen molar-refractivity contribution in [3.63, 3.8) is 0 Å². The maximum atomic E-state index is 11.6. The average Bonchev–Trinajstić information content (AvgIpc) is 1.83. The molecule has 9 heavy (non-hydrogen) atoms. The SMILES string of the molecule is O=C(O)OCC(F)=CF. The molecule has 0 aromatic heterocycles. The Hall–Kier alpha value is -1.13. The molecule has 52 valence electrons. The van der Waals surface area contributed by atoms with Gasteiger partial charge >= 0.3 is 6.16 Å². The number of hydrogen-bond acceptors (Lipinski definition) is 2. The van der Waals surface area contributed by atoms with E-state index in [-0.39, 0.29) is 6.33 Å². The first kappa shape index (κ1) is 7.87. The maximum Gasteiger partial charge on any atom is 0.506 e. The third-order valence-corrected chi connectivity index (χ3v) is 0.452. The third-order valence-electron chi connectivity index (χ3n) is 0.452. The van der Waals surface area contributed by atoms with E-state index in [0.717, 1.165) is 0 Å². The molecular formula is C4H4F2O3. The first-order chi connectivity index (χ1) is 4.16. The molecule has 0 bridgehead atoms. The Kier molecular flexibility index (Phi) is 3.34. The van der Waals surface area contributed by atoms with Crippen molar-refractivity contribution in [2.75, 3.05) is 6.61 Å². The van der Waals surface area contributed by atoms with E-state index in [9.17, 15) is 13.6 Å². The van der Waals surface area contributed by atoms with Crippen LogP contribution in [-0.4, -0.2) is 17.9 Å². The lowest BCUT2D eigenvalue weighted by Gasteiger charge is -1.93. The second-order valence-corrected chi connectivity index (χ2v) is 1.11. The van der Waals surface area contributed by atoms with Crippen LogP contribution in [0.25, 0.3) is 0 Å². The van der Waals surface area contributed by atoms with E-state index in [0.29, 0.717) is 0 Å². The smallest absolute Gasteiger partial charge is 0.450 e. The minimum absolute atomic E-state index is 0.358. The summed E-state index contributed by atoms with van der Waals surface area (Å²) in [5.41, 5.74) is 0. The Labute approximate surface area is 49.5 Å². The quantitative estimate of drug-likeness (QED) is 0.587. The molecule has 0 rings (SSSR count). The molecule has 0 fully saturated rings. The fourth-order valence-corrected chi connectivity index (χ4v) is 0.162. The van der Waals surface area contributed by atoms with E-state index in [1.54, 1.807) is 0 Å². The number of hydrogen-bond donors (Lipinski definition) is 1. The summed E-state index contributed by atoms with van der Waals surface area (Å²) in [6.45, 7) is -0.869. The number of carboxylic acid groups (broad SMARTS) is 1. The van der Waals surface area contributed by atoms with Gasteiger partial charge < -0.3 is 9.84 Å². The minimum atomic E-state index is -1.63. The van der Waals surface area contributed by atoms with Gasteiger partial charge in [-0.1, -0.05) is 0 Å². The molecule has 1 N–H and O–H groups in total. The molecule has 0 aliphatic carbocycles. The lowest BCUT2D eigenvalue weighted by atomic mass is 10.6. The van der Waals surface area contributed by atoms with Crippen LogP contribution in [0.1, 0.15) is 0 Å². The largest absolute Gasteiger partial charge is 0.506 e. The summed E-state index contributed by atoms with van der Waals surface area (Å²) in [6.07, 6.45) is -1.99. The zero-order valence-electron chi connectivity index (χ0n) is 4.30. The fraction of sp³-hybridized carbons (Fsp3) is 0.250. The van der Waals surface area contributed by atoms with Crippen LogP contribution in [0, 0.1) is 0 Å². The van der Waals surface area contributed by atoms with Crippen molar-refractivity contribution >= 4 is 6.16 Å². The lowest BCUT2D eigenvalue weighted by Crippen LogP contribution is -2.01. The molecule has 0 aliphatic rings. The molecular weight excluding hydrogens is 134 g/mol. The molecule has 0 aromatic rings. The van der Waals surface area contributed by atoms with Crippen molar-refractivity contribution in [3.8, 4) is 0 Å². The Morgan fingerprint density at radius 3 is 2.67 bits per heavy atom. The van der Waals surface area contributed by atoms with Gasteiger partial charge in [-0.2, -0.15) is 0 Å². The van der Waals surface area contributed by atoms with Gasteiger partial charge in [0.15, 0.2) is 5.83 Å². The van der Waals surface area contributed by atoms with E-state index in [2.05, 4.69) is 4.74 Å². The van der Waals surface area contributed by atoms with Crippen molar-refractivity contribution in [2.45, 2.75) is 0 Å².